The van der Waals surface area contributed by atoms with Crippen molar-refractivity contribution in [3.8, 4) is 17.1 Å². The van der Waals surface area contributed by atoms with E-state index in [1.54, 1.807) is 0 Å². The van der Waals surface area contributed by atoms with E-state index in [2.05, 4.69) is 15.2 Å². The van der Waals surface area contributed by atoms with Crippen LogP contribution in [0.1, 0.15) is 10.4 Å². The Morgan fingerprint density at radius 2 is 1.86 bits per heavy atom. The zero-order valence-corrected chi connectivity index (χ0v) is 10.5. The van der Waals surface area contributed by atoms with E-state index in [9.17, 15) is 14.3 Å². The van der Waals surface area contributed by atoms with Crippen molar-refractivity contribution in [1.29, 1.82) is 0 Å². The van der Waals surface area contributed by atoms with Crippen molar-refractivity contribution in [2.75, 3.05) is 0 Å². The van der Waals surface area contributed by atoms with Gasteiger partial charge in [-0.1, -0.05) is 0 Å². The van der Waals surface area contributed by atoms with Crippen LogP contribution >= 0.6 is 0 Å². The minimum Gasteiger partial charge on any atom is -0.508 e. The number of hydrogen-bond donors (Lipinski definition) is 2. The highest BCUT2D eigenvalue weighted by molar-refractivity contribution is 5.88. The van der Waals surface area contributed by atoms with Gasteiger partial charge in [0, 0.05) is 6.07 Å². The van der Waals surface area contributed by atoms with Gasteiger partial charge in [-0.2, -0.15) is 0 Å². The highest BCUT2D eigenvalue weighted by atomic mass is 19.1. The normalized spacial score (nSPS) is 10.7. The molecule has 0 saturated carbocycles. The summed E-state index contributed by atoms with van der Waals surface area (Å²) in [6.45, 7) is 0. The smallest absolute Gasteiger partial charge is 0.335 e. The molecule has 0 unspecified atom stereocenters. The summed E-state index contributed by atoms with van der Waals surface area (Å²) >= 11 is 0. The quantitative estimate of drug-likeness (QED) is 0.749. The molecule has 21 heavy (non-hydrogen) atoms. The lowest BCUT2D eigenvalue weighted by Crippen LogP contribution is -2.00. The highest BCUT2D eigenvalue weighted by Crippen LogP contribution is 2.22. The molecule has 2 N–H and O–H groups in total. The molecule has 0 aliphatic carbocycles. The molecule has 0 amide bonds. The zero-order valence-electron chi connectivity index (χ0n) is 10.5. The van der Waals surface area contributed by atoms with Gasteiger partial charge in [-0.05, 0) is 30.3 Å². The Morgan fingerprint density at radius 1 is 1.05 bits per heavy atom. The van der Waals surface area contributed by atoms with E-state index in [0.717, 1.165) is 6.07 Å². The van der Waals surface area contributed by atoms with Crippen LogP contribution in [0.4, 0.5) is 4.39 Å². The van der Waals surface area contributed by atoms with Crippen LogP contribution in [0.5, 0.6) is 5.75 Å². The Labute approximate surface area is 117 Å². The van der Waals surface area contributed by atoms with Gasteiger partial charge in [-0.25, -0.2) is 14.2 Å². The fourth-order valence-electron chi connectivity index (χ4n) is 1.87. The first kappa shape index (κ1) is 12.9. The van der Waals surface area contributed by atoms with Crippen molar-refractivity contribution in [1.82, 2.24) is 15.2 Å². The molecule has 2 aromatic carbocycles. The van der Waals surface area contributed by atoms with Gasteiger partial charge in [0.2, 0.25) is 0 Å². The number of phenolic OH excluding ortho intramolecular Hbond substituents is 1. The zero-order chi connectivity index (χ0) is 15.0. The number of fused-ring (bicyclic) bond motifs is 1. The van der Waals surface area contributed by atoms with Crippen LogP contribution in [0.2, 0.25) is 0 Å². The van der Waals surface area contributed by atoms with Crippen molar-refractivity contribution in [2.45, 2.75) is 0 Å². The number of halogens is 1. The second-order valence-corrected chi connectivity index (χ2v) is 4.31. The van der Waals surface area contributed by atoms with Gasteiger partial charge in [0.15, 0.2) is 5.82 Å². The first-order valence-electron chi connectivity index (χ1n) is 5.91. The number of carboxylic acid groups (broad SMARTS) is 1. The number of aromatic hydroxyl groups is 1. The van der Waals surface area contributed by atoms with Gasteiger partial charge < -0.3 is 10.2 Å². The molecular weight excluding hydrogens is 277 g/mol. The summed E-state index contributed by atoms with van der Waals surface area (Å²) in [4.78, 5) is 14.9. The van der Waals surface area contributed by atoms with Crippen LogP contribution in [0.25, 0.3) is 22.4 Å². The average molecular weight is 285 g/mol. The minimum absolute atomic E-state index is 0.0309. The van der Waals surface area contributed by atoms with E-state index in [1.807, 2.05) is 0 Å². The number of aromatic nitrogens is 3. The van der Waals surface area contributed by atoms with Gasteiger partial charge in [0.25, 0.3) is 0 Å². The Hall–Kier alpha value is -3.09. The van der Waals surface area contributed by atoms with Crippen LogP contribution in [0.15, 0.2) is 36.4 Å². The molecule has 0 fully saturated rings. The number of benzene rings is 2. The molecule has 3 rings (SSSR count). The van der Waals surface area contributed by atoms with Crippen molar-refractivity contribution >= 4 is 17.0 Å². The summed E-state index contributed by atoms with van der Waals surface area (Å²) < 4.78 is 13.9. The summed E-state index contributed by atoms with van der Waals surface area (Å²) in [5, 5.41) is 25.8. The summed E-state index contributed by atoms with van der Waals surface area (Å²) in [6.07, 6.45) is 0. The van der Waals surface area contributed by atoms with Gasteiger partial charge in [-0.15, -0.1) is 10.2 Å². The van der Waals surface area contributed by atoms with E-state index >= 15 is 0 Å². The van der Waals surface area contributed by atoms with Gasteiger partial charge in [-0.3, -0.25) is 0 Å². The Morgan fingerprint density at radius 3 is 2.57 bits per heavy atom. The van der Waals surface area contributed by atoms with Crippen LogP contribution in [-0.4, -0.2) is 31.4 Å². The highest BCUT2D eigenvalue weighted by Gasteiger charge is 2.13. The van der Waals surface area contributed by atoms with Gasteiger partial charge in [0.1, 0.15) is 17.1 Å². The number of hydrogen-bond acceptors (Lipinski definition) is 5. The molecule has 0 aliphatic rings. The molecule has 104 valence electrons. The maximum Gasteiger partial charge on any atom is 0.335 e. The van der Waals surface area contributed by atoms with Crippen LogP contribution < -0.4 is 0 Å². The molecule has 7 heteroatoms. The van der Waals surface area contributed by atoms with E-state index in [-0.39, 0.29) is 22.7 Å². The molecule has 1 heterocycles. The molecule has 3 aromatic rings. The predicted octanol–water partition coefficient (Wildman–Crippen LogP) is 2.23. The molecule has 0 aliphatic heterocycles. The van der Waals surface area contributed by atoms with Crippen LogP contribution in [-0.2, 0) is 0 Å². The Kier molecular flexibility index (Phi) is 2.94. The molecule has 0 radical (unpaired) electrons. The third-order valence-electron chi connectivity index (χ3n) is 2.89. The van der Waals surface area contributed by atoms with Crippen LogP contribution in [0, 0.1) is 5.82 Å². The lowest BCUT2D eigenvalue weighted by molar-refractivity contribution is 0.0696. The second kappa shape index (κ2) is 4.78. The molecule has 0 saturated heterocycles. The third-order valence-corrected chi connectivity index (χ3v) is 2.89. The summed E-state index contributed by atoms with van der Waals surface area (Å²) in [7, 11) is 0. The molecule has 0 bridgehead atoms. The predicted molar refractivity (Wildman–Crippen MR) is 71.4 cm³/mol. The molecule has 1 aromatic heterocycles. The van der Waals surface area contributed by atoms with Crippen LogP contribution in [0.3, 0.4) is 0 Å². The summed E-state index contributed by atoms with van der Waals surface area (Å²) in [5.41, 5.74) is 0.721. The molecule has 6 nitrogen and oxygen atoms in total. The largest absolute Gasteiger partial charge is 0.508 e. The average Bonchev–Trinajstić information content (AvgIpc) is 2.46. The minimum atomic E-state index is -1.21. The number of nitrogens with zero attached hydrogens (tertiary/aromatic N) is 3. The number of aromatic carboxylic acids is 1. The van der Waals surface area contributed by atoms with E-state index in [0.29, 0.717) is 11.0 Å². The second-order valence-electron chi connectivity index (χ2n) is 4.31. The molecular formula is C14H8FN3O3. The van der Waals surface area contributed by atoms with E-state index in [4.69, 9.17) is 5.11 Å². The number of rotatable bonds is 2. The van der Waals surface area contributed by atoms with Gasteiger partial charge in [0.05, 0.1) is 16.6 Å². The summed E-state index contributed by atoms with van der Waals surface area (Å²) in [5.74, 6) is -1.88. The first-order chi connectivity index (χ1) is 10.0. The first-order valence-corrected chi connectivity index (χ1v) is 5.91. The maximum absolute atomic E-state index is 13.9. The van der Waals surface area contributed by atoms with Gasteiger partial charge >= 0.3 is 5.97 Å². The molecule has 0 spiro atoms. The standard InChI is InChI=1S/C14H8FN3O3/c15-10-5-7(14(20)21)1-3-9(10)13-16-11-4-2-8(19)6-12(11)17-18-13/h1-6,19H,(H,20,21). The fourth-order valence-corrected chi connectivity index (χ4v) is 1.87. The topological polar surface area (TPSA) is 96.2 Å². The third kappa shape index (κ3) is 2.36. The van der Waals surface area contributed by atoms with Crippen molar-refractivity contribution < 1.29 is 19.4 Å². The Bertz CT molecular complexity index is 867. The maximum atomic E-state index is 13.9. The van der Waals surface area contributed by atoms with Crippen molar-refractivity contribution in [3.05, 3.63) is 47.8 Å². The number of carbonyl (C=O) groups is 1. The van der Waals surface area contributed by atoms with E-state index < -0.39 is 11.8 Å². The lowest BCUT2D eigenvalue weighted by Gasteiger charge is -2.04. The fraction of sp³-hybridized carbons (Fsp3) is 0. The SMILES string of the molecule is O=C(O)c1ccc(-c2nnc3cc(O)ccc3n2)c(F)c1. The lowest BCUT2D eigenvalue weighted by atomic mass is 10.1. The number of carboxylic acids is 1. The van der Waals surface area contributed by atoms with E-state index in [1.165, 1.54) is 30.3 Å². The number of phenols is 1. The summed E-state index contributed by atoms with van der Waals surface area (Å²) in [6, 6.07) is 7.83. The van der Waals surface area contributed by atoms with Crippen molar-refractivity contribution in [2.24, 2.45) is 0 Å². The molecule has 0 atom stereocenters. The van der Waals surface area contributed by atoms with Crippen molar-refractivity contribution in [3.63, 3.8) is 0 Å². The monoisotopic (exact) mass is 285 g/mol. The Balaban J connectivity index is 2.12.